The van der Waals surface area contributed by atoms with Gasteiger partial charge in [0.2, 0.25) is 11.6 Å². The number of halogens is 1. The van der Waals surface area contributed by atoms with E-state index in [1.165, 1.54) is 36.7 Å². The second kappa shape index (κ2) is 7.16. The predicted octanol–water partition coefficient (Wildman–Crippen LogP) is 2.87. The molecule has 0 spiro atoms. The average molecular weight is 304 g/mol. The molecule has 0 bridgehead atoms. The number of esters is 1. The van der Waals surface area contributed by atoms with Gasteiger partial charge in [0, 0.05) is 6.08 Å². The first-order chi connectivity index (χ1) is 10.6. The number of carbonyl (C=O) groups is 1. The van der Waals surface area contributed by atoms with Crippen molar-refractivity contribution in [3.63, 3.8) is 0 Å². The highest BCUT2D eigenvalue weighted by molar-refractivity contribution is 5.90. The fourth-order valence-electron chi connectivity index (χ4n) is 1.48. The molecule has 1 N–H and O–H groups in total. The summed E-state index contributed by atoms with van der Waals surface area (Å²) in [5.41, 5.74) is 0.261. The van der Waals surface area contributed by atoms with E-state index in [0.29, 0.717) is 5.75 Å². The summed E-state index contributed by atoms with van der Waals surface area (Å²) in [4.78, 5) is 19.2. The van der Waals surface area contributed by atoms with Crippen LogP contribution < -0.4 is 4.74 Å². The van der Waals surface area contributed by atoms with Gasteiger partial charge in [-0.05, 0) is 31.2 Å². The highest BCUT2D eigenvalue weighted by atomic mass is 19.1. The molecular formula is C15H13FN2O4. The number of hydrogen-bond donors (Lipinski definition) is 1. The molecule has 0 aliphatic heterocycles. The van der Waals surface area contributed by atoms with Crippen molar-refractivity contribution in [2.45, 2.75) is 6.92 Å². The van der Waals surface area contributed by atoms with Crippen LogP contribution in [0.15, 0.2) is 42.4 Å². The van der Waals surface area contributed by atoms with Gasteiger partial charge in [-0.1, -0.05) is 0 Å². The van der Waals surface area contributed by atoms with E-state index in [1.54, 1.807) is 6.92 Å². The second-order valence-corrected chi connectivity index (χ2v) is 4.09. The molecule has 0 atom stereocenters. The van der Waals surface area contributed by atoms with Gasteiger partial charge in [-0.2, -0.15) is 0 Å². The highest BCUT2D eigenvalue weighted by Crippen LogP contribution is 2.18. The average Bonchev–Trinajstić information content (AvgIpc) is 2.51. The lowest BCUT2D eigenvalue weighted by Gasteiger charge is -2.04. The number of aliphatic hydroxyl groups is 1. The molecule has 1 aromatic carbocycles. The third-order valence-corrected chi connectivity index (χ3v) is 2.45. The van der Waals surface area contributed by atoms with Crippen molar-refractivity contribution in [1.82, 2.24) is 9.97 Å². The molecule has 0 aliphatic carbocycles. The lowest BCUT2D eigenvalue weighted by molar-refractivity contribution is -0.141. The largest absolute Gasteiger partial charge is 0.502 e. The minimum atomic E-state index is -0.837. The Labute approximate surface area is 125 Å². The first-order valence-electron chi connectivity index (χ1n) is 6.41. The van der Waals surface area contributed by atoms with Crippen LogP contribution in [0.2, 0.25) is 0 Å². The van der Waals surface area contributed by atoms with Crippen LogP contribution in [-0.2, 0) is 9.53 Å². The first kappa shape index (κ1) is 15.4. The normalized spacial score (nSPS) is 11.1. The van der Waals surface area contributed by atoms with Crippen LogP contribution in [0.3, 0.4) is 0 Å². The van der Waals surface area contributed by atoms with Gasteiger partial charge in [-0.15, -0.1) is 0 Å². The van der Waals surface area contributed by atoms with Gasteiger partial charge >= 0.3 is 5.97 Å². The smallest absolute Gasteiger partial charge is 0.373 e. The number of hydrogen-bond acceptors (Lipinski definition) is 6. The monoisotopic (exact) mass is 304 g/mol. The number of benzene rings is 1. The van der Waals surface area contributed by atoms with E-state index in [2.05, 4.69) is 14.7 Å². The van der Waals surface area contributed by atoms with Crippen molar-refractivity contribution in [1.29, 1.82) is 0 Å². The standard InChI is InChI=1S/C15H13FN2O4/c1-2-21-15(20)13(19)7-11-8-18-14(9-17-11)22-12-5-3-10(16)4-6-12/h3-9,19H,2H2,1H3. The lowest BCUT2D eigenvalue weighted by Crippen LogP contribution is -2.07. The number of nitrogens with zero attached hydrogens (tertiary/aromatic N) is 2. The maximum atomic E-state index is 12.8. The molecule has 22 heavy (non-hydrogen) atoms. The van der Waals surface area contributed by atoms with Gasteiger partial charge < -0.3 is 14.6 Å². The summed E-state index contributed by atoms with van der Waals surface area (Å²) in [7, 11) is 0. The van der Waals surface area contributed by atoms with Crippen molar-refractivity contribution in [2.24, 2.45) is 0 Å². The summed E-state index contributed by atoms with van der Waals surface area (Å²) in [5.74, 6) is -1.17. The summed E-state index contributed by atoms with van der Waals surface area (Å²) in [5, 5.41) is 9.48. The lowest BCUT2D eigenvalue weighted by atomic mass is 10.3. The summed E-state index contributed by atoms with van der Waals surface area (Å²) in [6, 6.07) is 5.43. The SMILES string of the molecule is CCOC(=O)C(O)=Cc1cnc(Oc2ccc(F)cc2)cn1. The molecule has 114 valence electrons. The van der Waals surface area contributed by atoms with Crippen LogP contribution in [0.1, 0.15) is 12.6 Å². The Morgan fingerprint density at radius 2 is 2.00 bits per heavy atom. The molecule has 2 aromatic rings. The molecule has 2 rings (SSSR count). The zero-order valence-electron chi connectivity index (χ0n) is 11.7. The van der Waals surface area contributed by atoms with Gasteiger partial charge in [-0.25, -0.2) is 19.2 Å². The predicted molar refractivity (Wildman–Crippen MR) is 75.7 cm³/mol. The van der Waals surface area contributed by atoms with Crippen LogP contribution in [-0.4, -0.2) is 27.7 Å². The molecule has 0 aliphatic rings. The fraction of sp³-hybridized carbons (Fsp3) is 0.133. The van der Waals surface area contributed by atoms with E-state index in [-0.39, 0.29) is 24.0 Å². The van der Waals surface area contributed by atoms with Crippen molar-refractivity contribution in [3.05, 3.63) is 53.9 Å². The Morgan fingerprint density at radius 1 is 1.27 bits per heavy atom. The number of carbonyl (C=O) groups excluding carboxylic acids is 1. The van der Waals surface area contributed by atoms with Crippen molar-refractivity contribution in [2.75, 3.05) is 6.61 Å². The molecule has 1 heterocycles. The molecular weight excluding hydrogens is 291 g/mol. The van der Waals surface area contributed by atoms with Crippen molar-refractivity contribution >= 4 is 12.0 Å². The number of aromatic nitrogens is 2. The number of rotatable bonds is 5. The Balaban J connectivity index is 2.05. The zero-order chi connectivity index (χ0) is 15.9. The van der Waals surface area contributed by atoms with E-state index in [9.17, 15) is 14.3 Å². The van der Waals surface area contributed by atoms with E-state index in [4.69, 9.17) is 4.74 Å². The van der Waals surface area contributed by atoms with E-state index < -0.39 is 11.7 Å². The zero-order valence-corrected chi connectivity index (χ0v) is 11.7. The molecule has 0 amide bonds. The Kier molecular flexibility index (Phi) is 5.02. The summed E-state index contributed by atoms with van der Waals surface area (Å²) in [6.45, 7) is 1.79. The minimum Gasteiger partial charge on any atom is -0.502 e. The van der Waals surface area contributed by atoms with Gasteiger partial charge in [0.25, 0.3) is 0 Å². The molecule has 0 fully saturated rings. The van der Waals surface area contributed by atoms with Gasteiger partial charge in [-0.3, -0.25) is 0 Å². The Hall–Kier alpha value is -2.96. The third kappa shape index (κ3) is 4.27. The second-order valence-electron chi connectivity index (χ2n) is 4.09. The summed E-state index contributed by atoms with van der Waals surface area (Å²) < 4.78 is 22.8. The maximum absolute atomic E-state index is 12.8. The fourth-order valence-corrected chi connectivity index (χ4v) is 1.48. The van der Waals surface area contributed by atoms with Gasteiger partial charge in [0.1, 0.15) is 11.6 Å². The number of aliphatic hydroxyl groups excluding tert-OH is 1. The molecule has 0 radical (unpaired) electrons. The summed E-state index contributed by atoms with van der Waals surface area (Å²) in [6.07, 6.45) is 3.76. The molecule has 7 heteroatoms. The van der Waals surface area contributed by atoms with Gasteiger partial charge in [0.05, 0.1) is 24.7 Å². The van der Waals surface area contributed by atoms with Gasteiger partial charge in [0.15, 0.2) is 0 Å². The molecule has 0 unspecified atom stereocenters. The molecule has 1 aromatic heterocycles. The van der Waals surface area contributed by atoms with E-state index in [0.717, 1.165) is 6.08 Å². The molecule has 0 saturated heterocycles. The quantitative estimate of drug-likeness (QED) is 0.519. The first-order valence-corrected chi connectivity index (χ1v) is 6.41. The van der Waals surface area contributed by atoms with Crippen molar-refractivity contribution in [3.8, 4) is 11.6 Å². The molecule has 0 saturated carbocycles. The number of ether oxygens (including phenoxy) is 2. The van der Waals surface area contributed by atoms with Crippen LogP contribution in [0.5, 0.6) is 11.6 Å². The maximum Gasteiger partial charge on any atom is 0.373 e. The highest BCUT2D eigenvalue weighted by Gasteiger charge is 2.09. The van der Waals surface area contributed by atoms with E-state index in [1.807, 2.05) is 0 Å². The van der Waals surface area contributed by atoms with E-state index >= 15 is 0 Å². The van der Waals surface area contributed by atoms with Crippen LogP contribution in [0, 0.1) is 5.82 Å². The van der Waals surface area contributed by atoms with Crippen LogP contribution >= 0.6 is 0 Å². The van der Waals surface area contributed by atoms with Crippen molar-refractivity contribution < 1.29 is 23.8 Å². The third-order valence-electron chi connectivity index (χ3n) is 2.45. The summed E-state index contributed by atoms with van der Waals surface area (Å²) >= 11 is 0. The Morgan fingerprint density at radius 3 is 2.59 bits per heavy atom. The topological polar surface area (TPSA) is 81.5 Å². The van der Waals surface area contributed by atoms with Crippen LogP contribution in [0.4, 0.5) is 4.39 Å². The van der Waals surface area contributed by atoms with Crippen LogP contribution in [0.25, 0.3) is 6.08 Å². The minimum absolute atomic E-state index is 0.160. The Bertz CT molecular complexity index is 669. The molecule has 6 nitrogen and oxygen atoms in total.